The first-order chi connectivity index (χ1) is 9.22. The maximum Gasteiger partial charge on any atom is 0.128 e. The van der Waals surface area contributed by atoms with Crippen LogP contribution in [0.15, 0.2) is 18.3 Å². The Morgan fingerprint density at radius 3 is 2.74 bits per heavy atom. The average molecular weight is 259 g/mol. The topological polar surface area (TPSA) is 28.2 Å². The van der Waals surface area contributed by atoms with Crippen LogP contribution in [0.5, 0.6) is 0 Å². The van der Waals surface area contributed by atoms with E-state index in [0.29, 0.717) is 6.04 Å². The van der Waals surface area contributed by atoms with Crippen molar-refractivity contribution in [2.24, 2.45) is 5.92 Å². The number of hydrogen-bond acceptors (Lipinski definition) is 3. The lowest BCUT2D eigenvalue weighted by atomic mass is 9.95. The zero-order chi connectivity index (χ0) is 13.2. The minimum atomic E-state index is 0.624. The van der Waals surface area contributed by atoms with E-state index < -0.39 is 0 Å². The summed E-state index contributed by atoms with van der Waals surface area (Å²) in [6, 6.07) is 5.81. The molecule has 1 N–H and O–H groups in total. The maximum atomic E-state index is 4.67. The fraction of sp³-hybridized carbons (Fsp3) is 0.688. The van der Waals surface area contributed by atoms with Gasteiger partial charge in [0, 0.05) is 31.4 Å². The molecule has 1 aliphatic carbocycles. The highest BCUT2D eigenvalue weighted by atomic mass is 15.2. The Morgan fingerprint density at radius 1 is 1.21 bits per heavy atom. The smallest absolute Gasteiger partial charge is 0.128 e. The van der Waals surface area contributed by atoms with E-state index in [1.807, 2.05) is 6.20 Å². The van der Waals surface area contributed by atoms with E-state index >= 15 is 0 Å². The van der Waals surface area contributed by atoms with Crippen molar-refractivity contribution >= 4 is 5.82 Å². The van der Waals surface area contributed by atoms with Gasteiger partial charge < -0.3 is 10.2 Å². The van der Waals surface area contributed by atoms with Gasteiger partial charge in [-0.25, -0.2) is 4.98 Å². The first-order valence-electron chi connectivity index (χ1n) is 7.67. The molecule has 2 unspecified atom stereocenters. The van der Waals surface area contributed by atoms with Crippen molar-refractivity contribution in [3.05, 3.63) is 23.9 Å². The summed E-state index contributed by atoms with van der Waals surface area (Å²) in [5.74, 6) is 1.93. The van der Waals surface area contributed by atoms with E-state index in [1.165, 1.54) is 31.2 Å². The van der Waals surface area contributed by atoms with E-state index in [-0.39, 0.29) is 0 Å². The summed E-state index contributed by atoms with van der Waals surface area (Å²) in [4.78, 5) is 7.14. The van der Waals surface area contributed by atoms with E-state index in [4.69, 9.17) is 0 Å². The number of piperidine rings is 1. The van der Waals surface area contributed by atoms with Gasteiger partial charge in [0.1, 0.15) is 5.82 Å². The Kier molecular flexibility index (Phi) is 3.74. The van der Waals surface area contributed by atoms with E-state index in [2.05, 4.69) is 41.2 Å². The molecule has 1 saturated heterocycles. The molecule has 1 aromatic rings. The lowest BCUT2D eigenvalue weighted by Crippen LogP contribution is -2.41. The Bertz CT molecular complexity index is 411. The quantitative estimate of drug-likeness (QED) is 0.901. The van der Waals surface area contributed by atoms with Crippen LogP contribution in [0, 0.1) is 5.92 Å². The monoisotopic (exact) mass is 259 g/mol. The third kappa shape index (κ3) is 3.27. The second kappa shape index (κ2) is 5.49. The van der Waals surface area contributed by atoms with Gasteiger partial charge >= 0.3 is 0 Å². The number of aromatic nitrogens is 1. The van der Waals surface area contributed by atoms with E-state index in [1.54, 1.807) is 0 Å². The molecule has 3 nitrogen and oxygen atoms in total. The lowest BCUT2D eigenvalue weighted by Gasteiger charge is -2.37. The molecular formula is C16H25N3. The molecule has 2 atom stereocenters. The Balaban J connectivity index is 1.63. The number of nitrogens with zero attached hydrogens (tertiary/aromatic N) is 2. The van der Waals surface area contributed by atoms with Crippen LogP contribution in [0.4, 0.5) is 5.82 Å². The number of hydrogen-bond donors (Lipinski definition) is 1. The highest BCUT2D eigenvalue weighted by molar-refractivity contribution is 5.41. The molecule has 1 saturated carbocycles. The molecule has 2 fully saturated rings. The molecule has 0 aromatic carbocycles. The molecule has 1 aliphatic heterocycles. The zero-order valence-corrected chi connectivity index (χ0v) is 12.1. The Hall–Kier alpha value is -1.09. The van der Waals surface area contributed by atoms with Crippen molar-refractivity contribution in [3.63, 3.8) is 0 Å². The van der Waals surface area contributed by atoms with E-state index in [0.717, 1.165) is 30.9 Å². The van der Waals surface area contributed by atoms with Gasteiger partial charge in [-0.2, -0.15) is 0 Å². The predicted octanol–water partition coefficient (Wildman–Crippen LogP) is 2.96. The normalized spacial score (nSPS) is 27.6. The number of rotatable bonds is 4. The summed E-state index contributed by atoms with van der Waals surface area (Å²) in [7, 11) is 0. The minimum Gasteiger partial charge on any atom is -0.354 e. The van der Waals surface area contributed by atoms with Crippen molar-refractivity contribution in [1.82, 2.24) is 10.3 Å². The first kappa shape index (κ1) is 12.9. The summed E-state index contributed by atoms with van der Waals surface area (Å²) in [5.41, 5.74) is 1.30. The van der Waals surface area contributed by atoms with Gasteiger partial charge in [-0.15, -0.1) is 0 Å². The summed E-state index contributed by atoms with van der Waals surface area (Å²) in [5, 5.41) is 3.53. The van der Waals surface area contributed by atoms with Crippen LogP contribution in [0.2, 0.25) is 0 Å². The molecule has 3 rings (SSSR count). The third-order valence-electron chi connectivity index (χ3n) is 4.39. The summed E-state index contributed by atoms with van der Waals surface area (Å²) in [6.45, 7) is 6.76. The molecule has 104 valence electrons. The second-order valence-electron chi connectivity index (χ2n) is 6.36. The Morgan fingerprint density at radius 2 is 2.05 bits per heavy atom. The van der Waals surface area contributed by atoms with Crippen molar-refractivity contribution in [1.29, 1.82) is 0 Å². The first-order valence-corrected chi connectivity index (χ1v) is 7.67. The predicted molar refractivity (Wildman–Crippen MR) is 79.3 cm³/mol. The molecule has 0 spiro atoms. The zero-order valence-electron chi connectivity index (χ0n) is 12.1. The average Bonchev–Trinajstić information content (AvgIpc) is 3.24. The van der Waals surface area contributed by atoms with Gasteiger partial charge in [-0.05, 0) is 50.2 Å². The van der Waals surface area contributed by atoms with Crippen LogP contribution in [0.3, 0.4) is 0 Å². The number of anilines is 1. The SMILES string of the molecule is CC1CCC(C)N(c2ccc(CNC3CC3)cn2)C1. The second-order valence-corrected chi connectivity index (χ2v) is 6.36. The largest absolute Gasteiger partial charge is 0.354 e. The minimum absolute atomic E-state index is 0.624. The van der Waals surface area contributed by atoms with Crippen molar-refractivity contribution in [2.75, 3.05) is 11.4 Å². The molecule has 2 aliphatic rings. The van der Waals surface area contributed by atoms with Gasteiger partial charge in [0.2, 0.25) is 0 Å². The molecule has 3 heteroatoms. The maximum absolute atomic E-state index is 4.67. The fourth-order valence-electron chi connectivity index (χ4n) is 2.85. The van der Waals surface area contributed by atoms with Crippen LogP contribution in [0.1, 0.15) is 45.1 Å². The molecule has 19 heavy (non-hydrogen) atoms. The Labute approximate surface area is 116 Å². The molecule has 1 aromatic heterocycles. The van der Waals surface area contributed by atoms with Gasteiger partial charge in [0.15, 0.2) is 0 Å². The van der Waals surface area contributed by atoms with Crippen molar-refractivity contribution in [2.45, 2.75) is 58.2 Å². The van der Waals surface area contributed by atoms with Crippen LogP contribution < -0.4 is 10.2 Å². The van der Waals surface area contributed by atoms with Crippen LogP contribution in [0.25, 0.3) is 0 Å². The van der Waals surface area contributed by atoms with Crippen molar-refractivity contribution < 1.29 is 0 Å². The third-order valence-corrected chi connectivity index (χ3v) is 4.39. The fourth-order valence-corrected chi connectivity index (χ4v) is 2.85. The van der Waals surface area contributed by atoms with Crippen LogP contribution in [-0.2, 0) is 6.54 Å². The lowest BCUT2D eigenvalue weighted by molar-refractivity contribution is 0.388. The molecule has 0 amide bonds. The highest BCUT2D eigenvalue weighted by Crippen LogP contribution is 2.26. The van der Waals surface area contributed by atoms with Crippen LogP contribution in [-0.4, -0.2) is 23.6 Å². The molecular weight excluding hydrogens is 234 g/mol. The standard InChI is InChI=1S/C16H25N3/c1-12-3-4-13(2)19(11-12)16-8-5-14(10-18-16)9-17-15-6-7-15/h5,8,10,12-13,15,17H,3-4,6-7,9,11H2,1-2H3. The number of nitrogens with one attached hydrogen (secondary N) is 1. The summed E-state index contributed by atoms with van der Waals surface area (Å²) < 4.78 is 0. The highest BCUT2D eigenvalue weighted by Gasteiger charge is 2.24. The van der Waals surface area contributed by atoms with Crippen molar-refractivity contribution in [3.8, 4) is 0 Å². The van der Waals surface area contributed by atoms with Gasteiger partial charge in [-0.1, -0.05) is 13.0 Å². The van der Waals surface area contributed by atoms with Gasteiger partial charge in [-0.3, -0.25) is 0 Å². The van der Waals surface area contributed by atoms with Gasteiger partial charge in [0.05, 0.1) is 0 Å². The van der Waals surface area contributed by atoms with E-state index in [9.17, 15) is 0 Å². The van der Waals surface area contributed by atoms with Crippen LogP contribution >= 0.6 is 0 Å². The molecule has 0 bridgehead atoms. The summed E-state index contributed by atoms with van der Waals surface area (Å²) >= 11 is 0. The van der Waals surface area contributed by atoms with Gasteiger partial charge in [0.25, 0.3) is 0 Å². The summed E-state index contributed by atoms with van der Waals surface area (Å²) in [6.07, 6.45) is 7.36. The number of pyridine rings is 1. The molecule has 2 heterocycles. The molecule has 0 radical (unpaired) electrons.